The largest absolute Gasteiger partial charge is 0.305 e. The van der Waals surface area contributed by atoms with Crippen molar-refractivity contribution in [3.05, 3.63) is 42.0 Å². The molecule has 0 radical (unpaired) electrons. The lowest BCUT2D eigenvalue weighted by Crippen LogP contribution is -2.11. The molecule has 0 unspecified atom stereocenters. The molecule has 15 heavy (non-hydrogen) atoms. The van der Waals surface area contributed by atoms with Gasteiger partial charge in [-0.3, -0.25) is 0 Å². The number of rotatable bonds is 3. The predicted octanol–water partition coefficient (Wildman–Crippen LogP) is 3.81. The van der Waals surface area contributed by atoms with Crippen molar-refractivity contribution in [2.45, 2.75) is 27.3 Å². The van der Waals surface area contributed by atoms with Crippen LogP contribution < -0.4 is 0 Å². The van der Waals surface area contributed by atoms with E-state index in [4.69, 9.17) is 0 Å². The van der Waals surface area contributed by atoms with Crippen molar-refractivity contribution in [2.24, 2.45) is 0 Å². The Balaban J connectivity index is 0.000000921. The molecular formula is C14H23N. The summed E-state index contributed by atoms with van der Waals surface area (Å²) >= 11 is 0. The summed E-state index contributed by atoms with van der Waals surface area (Å²) in [5, 5.41) is 0. The van der Waals surface area contributed by atoms with Crippen molar-refractivity contribution in [2.75, 3.05) is 14.1 Å². The van der Waals surface area contributed by atoms with E-state index in [0.29, 0.717) is 0 Å². The first kappa shape index (κ1) is 13.9. The van der Waals surface area contributed by atoms with Crippen LogP contribution in [0.4, 0.5) is 0 Å². The molecule has 0 atom stereocenters. The van der Waals surface area contributed by atoms with Gasteiger partial charge in [0.2, 0.25) is 0 Å². The van der Waals surface area contributed by atoms with Crippen molar-refractivity contribution in [3.8, 4) is 0 Å². The molecule has 1 rings (SSSR count). The van der Waals surface area contributed by atoms with Crippen molar-refractivity contribution in [1.29, 1.82) is 0 Å². The minimum absolute atomic E-state index is 0.975. The maximum Gasteiger partial charge on any atom is 0.0233 e. The second-order valence-corrected chi connectivity index (χ2v) is 3.68. The topological polar surface area (TPSA) is 3.24 Å². The second-order valence-electron chi connectivity index (χ2n) is 3.68. The van der Waals surface area contributed by atoms with E-state index in [9.17, 15) is 0 Å². The fraction of sp³-hybridized carbons (Fsp3) is 0.429. The van der Waals surface area contributed by atoms with Crippen LogP contribution in [0, 0.1) is 0 Å². The van der Waals surface area contributed by atoms with E-state index in [-0.39, 0.29) is 0 Å². The molecule has 0 aliphatic heterocycles. The monoisotopic (exact) mass is 205 g/mol. The van der Waals surface area contributed by atoms with Crippen LogP contribution >= 0.6 is 0 Å². The maximum absolute atomic E-state index is 3.97. The minimum Gasteiger partial charge on any atom is -0.305 e. The smallest absolute Gasteiger partial charge is 0.0233 e. The van der Waals surface area contributed by atoms with Crippen LogP contribution in [0.2, 0.25) is 0 Å². The molecule has 0 N–H and O–H groups in total. The van der Waals surface area contributed by atoms with E-state index in [1.54, 1.807) is 0 Å². The van der Waals surface area contributed by atoms with Crippen molar-refractivity contribution < 1.29 is 0 Å². The molecule has 84 valence electrons. The first-order valence-corrected chi connectivity index (χ1v) is 5.50. The predicted molar refractivity (Wildman–Crippen MR) is 69.9 cm³/mol. The zero-order chi connectivity index (χ0) is 11.8. The van der Waals surface area contributed by atoms with Gasteiger partial charge in [0, 0.05) is 6.54 Å². The standard InChI is InChI=1S/C12H17N.C2H6/c1-10(2)12-8-6-5-7-11(12)9-13(3)4;1-2/h5-8H,1,9H2,2-4H3;1-2H3. The van der Waals surface area contributed by atoms with E-state index in [2.05, 4.69) is 56.8 Å². The van der Waals surface area contributed by atoms with E-state index < -0.39 is 0 Å². The molecule has 0 aliphatic carbocycles. The average Bonchev–Trinajstić information content (AvgIpc) is 2.20. The molecule has 0 fully saturated rings. The van der Waals surface area contributed by atoms with Gasteiger partial charge >= 0.3 is 0 Å². The summed E-state index contributed by atoms with van der Waals surface area (Å²) in [6.07, 6.45) is 0. The SMILES string of the molecule is C=C(C)c1ccccc1CN(C)C.CC. The summed E-state index contributed by atoms with van der Waals surface area (Å²) in [5.74, 6) is 0. The van der Waals surface area contributed by atoms with Gasteiger partial charge in [0.1, 0.15) is 0 Å². The lowest BCUT2D eigenvalue weighted by Gasteiger charge is -2.13. The third kappa shape index (κ3) is 4.80. The molecule has 0 bridgehead atoms. The molecule has 0 saturated heterocycles. The summed E-state index contributed by atoms with van der Waals surface area (Å²) in [6.45, 7) is 11.0. The lowest BCUT2D eigenvalue weighted by molar-refractivity contribution is 0.402. The van der Waals surface area contributed by atoms with Crippen molar-refractivity contribution in [3.63, 3.8) is 0 Å². The molecule has 1 aromatic rings. The van der Waals surface area contributed by atoms with Crippen molar-refractivity contribution >= 4 is 5.57 Å². The number of nitrogens with zero attached hydrogens (tertiary/aromatic N) is 1. The lowest BCUT2D eigenvalue weighted by atomic mass is 10.0. The van der Waals surface area contributed by atoms with Crippen LogP contribution in [0.25, 0.3) is 5.57 Å². The van der Waals surface area contributed by atoms with Gasteiger partial charge in [-0.15, -0.1) is 0 Å². The zero-order valence-corrected chi connectivity index (χ0v) is 10.7. The van der Waals surface area contributed by atoms with Gasteiger partial charge in [-0.05, 0) is 32.1 Å². The highest BCUT2D eigenvalue weighted by atomic mass is 15.0. The van der Waals surface area contributed by atoms with Gasteiger partial charge < -0.3 is 4.90 Å². The van der Waals surface area contributed by atoms with E-state index in [0.717, 1.165) is 12.1 Å². The second kappa shape index (κ2) is 7.24. The van der Waals surface area contributed by atoms with E-state index >= 15 is 0 Å². The number of hydrogen-bond acceptors (Lipinski definition) is 1. The Morgan fingerprint density at radius 1 is 1.20 bits per heavy atom. The number of allylic oxidation sites excluding steroid dienone is 1. The van der Waals surface area contributed by atoms with Crippen molar-refractivity contribution in [1.82, 2.24) is 4.90 Å². The summed E-state index contributed by atoms with van der Waals surface area (Å²) in [7, 11) is 4.16. The Labute approximate surface area is 94.4 Å². The Morgan fingerprint density at radius 3 is 2.20 bits per heavy atom. The van der Waals surface area contributed by atoms with Crippen LogP contribution in [-0.4, -0.2) is 19.0 Å². The molecule has 0 heterocycles. The molecule has 0 saturated carbocycles. The normalized spacial score (nSPS) is 9.47. The fourth-order valence-corrected chi connectivity index (χ4v) is 1.42. The molecule has 0 aliphatic rings. The molecule has 0 amide bonds. The highest BCUT2D eigenvalue weighted by Gasteiger charge is 2.02. The van der Waals surface area contributed by atoms with Crippen LogP contribution in [0.15, 0.2) is 30.8 Å². The van der Waals surface area contributed by atoms with Gasteiger partial charge in [0.25, 0.3) is 0 Å². The third-order valence-electron chi connectivity index (χ3n) is 1.96. The number of hydrogen-bond donors (Lipinski definition) is 0. The summed E-state index contributed by atoms with van der Waals surface area (Å²) in [5.41, 5.74) is 3.76. The molecule has 0 aromatic heterocycles. The van der Waals surface area contributed by atoms with Gasteiger partial charge in [-0.25, -0.2) is 0 Å². The molecule has 1 nitrogen and oxygen atoms in total. The Hall–Kier alpha value is -1.08. The van der Waals surface area contributed by atoms with Gasteiger partial charge in [0.15, 0.2) is 0 Å². The van der Waals surface area contributed by atoms with Gasteiger partial charge in [0.05, 0.1) is 0 Å². The van der Waals surface area contributed by atoms with E-state index in [1.807, 2.05) is 13.8 Å². The molecule has 1 aromatic carbocycles. The summed E-state index contributed by atoms with van der Waals surface area (Å²) in [4.78, 5) is 2.17. The molecule has 1 heteroatoms. The minimum atomic E-state index is 0.975. The maximum atomic E-state index is 3.97. The Kier molecular flexibility index (Phi) is 6.72. The highest BCUT2D eigenvalue weighted by molar-refractivity contribution is 5.64. The highest BCUT2D eigenvalue weighted by Crippen LogP contribution is 2.17. The van der Waals surface area contributed by atoms with Gasteiger partial charge in [-0.1, -0.05) is 50.3 Å². The van der Waals surface area contributed by atoms with Gasteiger partial charge in [-0.2, -0.15) is 0 Å². The molecular weight excluding hydrogens is 182 g/mol. The third-order valence-corrected chi connectivity index (χ3v) is 1.96. The molecule has 0 spiro atoms. The van der Waals surface area contributed by atoms with Crippen LogP contribution in [0.5, 0.6) is 0 Å². The zero-order valence-electron chi connectivity index (χ0n) is 10.7. The first-order chi connectivity index (χ1) is 7.11. The summed E-state index contributed by atoms with van der Waals surface area (Å²) in [6, 6.07) is 8.42. The Morgan fingerprint density at radius 2 is 1.73 bits per heavy atom. The number of benzene rings is 1. The summed E-state index contributed by atoms with van der Waals surface area (Å²) < 4.78 is 0. The fourth-order valence-electron chi connectivity index (χ4n) is 1.42. The quantitative estimate of drug-likeness (QED) is 0.725. The Bertz CT molecular complexity index is 300. The van der Waals surface area contributed by atoms with Crippen LogP contribution in [-0.2, 0) is 6.54 Å². The average molecular weight is 205 g/mol. The van der Waals surface area contributed by atoms with Crippen LogP contribution in [0.3, 0.4) is 0 Å². The van der Waals surface area contributed by atoms with E-state index in [1.165, 1.54) is 11.1 Å². The first-order valence-electron chi connectivity index (χ1n) is 5.50. The van der Waals surface area contributed by atoms with Crippen LogP contribution in [0.1, 0.15) is 31.9 Å².